The summed E-state index contributed by atoms with van der Waals surface area (Å²) < 4.78 is 10.0. The summed E-state index contributed by atoms with van der Waals surface area (Å²) >= 11 is 0. The van der Waals surface area contributed by atoms with Gasteiger partial charge in [-0.05, 0) is 25.2 Å². The first-order valence-electron chi connectivity index (χ1n) is 11.7. The molecule has 0 aromatic rings. The molecular weight excluding hydrogens is 384 g/mol. The standard InChI is InChI=1S/C23H42N2O5/c1-18(2)15-20(23(28)29-3)25-22(27)17-30-16-21(26)24-19-13-11-9-7-5-4-6-8-10-12-14-19/h18-20H,4-17H2,1-3H3,(H,24,26)(H,25,27). The fraction of sp³-hybridized carbons (Fsp3) is 0.870. The monoisotopic (exact) mass is 426 g/mol. The molecule has 0 saturated heterocycles. The molecule has 174 valence electrons. The minimum Gasteiger partial charge on any atom is -0.467 e. The SMILES string of the molecule is COC(=O)C(CC(C)C)NC(=O)COCC(=O)NC1CCCCCCCCCCC1. The van der Waals surface area contributed by atoms with Crippen LogP contribution in [0.1, 0.15) is 90.9 Å². The molecule has 1 fully saturated rings. The molecule has 0 heterocycles. The van der Waals surface area contributed by atoms with Gasteiger partial charge in [0, 0.05) is 6.04 Å². The zero-order chi connectivity index (χ0) is 22.2. The van der Waals surface area contributed by atoms with Crippen LogP contribution in [-0.4, -0.2) is 50.2 Å². The molecule has 1 saturated carbocycles. The molecule has 1 atom stereocenters. The number of esters is 1. The Hall–Kier alpha value is -1.63. The number of rotatable bonds is 9. The summed E-state index contributed by atoms with van der Waals surface area (Å²) in [5.41, 5.74) is 0. The fourth-order valence-electron chi connectivity index (χ4n) is 3.88. The smallest absolute Gasteiger partial charge is 0.328 e. The predicted octanol–water partition coefficient (Wildman–Crippen LogP) is 3.50. The molecular formula is C23H42N2O5. The van der Waals surface area contributed by atoms with Crippen LogP contribution in [0.15, 0.2) is 0 Å². The van der Waals surface area contributed by atoms with Gasteiger partial charge in [-0.1, -0.05) is 71.6 Å². The van der Waals surface area contributed by atoms with Crippen LogP contribution < -0.4 is 10.6 Å². The van der Waals surface area contributed by atoms with Crippen LogP contribution in [0, 0.1) is 5.92 Å². The third kappa shape index (κ3) is 12.8. The van der Waals surface area contributed by atoms with E-state index in [0.29, 0.717) is 6.42 Å². The summed E-state index contributed by atoms with van der Waals surface area (Å²) in [5, 5.41) is 5.69. The summed E-state index contributed by atoms with van der Waals surface area (Å²) in [7, 11) is 1.30. The highest BCUT2D eigenvalue weighted by Gasteiger charge is 2.22. The zero-order valence-electron chi connectivity index (χ0n) is 19.2. The molecule has 1 unspecified atom stereocenters. The lowest BCUT2D eigenvalue weighted by atomic mass is 9.98. The molecule has 1 aliphatic rings. The van der Waals surface area contributed by atoms with E-state index in [1.54, 1.807) is 0 Å². The van der Waals surface area contributed by atoms with Gasteiger partial charge in [0.2, 0.25) is 11.8 Å². The lowest BCUT2D eigenvalue weighted by Gasteiger charge is -2.20. The topological polar surface area (TPSA) is 93.7 Å². The van der Waals surface area contributed by atoms with Crippen molar-refractivity contribution >= 4 is 17.8 Å². The minimum absolute atomic E-state index is 0.156. The van der Waals surface area contributed by atoms with Crippen LogP contribution in [0.2, 0.25) is 0 Å². The van der Waals surface area contributed by atoms with Crippen molar-refractivity contribution in [3.05, 3.63) is 0 Å². The Morgan fingerprint density at radius 1 is 0.833 bits per heavy atom. The van der Waals surface area contributed by atoms with Crippen molar-refractivity contribution in [3.8, 4) is 0 Å². The molecule has 2 amide bonds. The van der Waals surface area contributed by atoms with Crippen molar-refractivity contribution in [2.45, 2.75) is 103 Å². The van der Waals surface area contributed by atoms with E-state index in [9.17, 15) is 14.4 Å². The van der Waals surface area contributed by atoms with Gasteiger partial charge in [-0.2, -0.15) is 0 Å². The minimum atomic E-state index is -0.698. The maximum absolute atomic E-state index is 12.2. The number of methoxy groups -OCH3 is 1. The van der Waals surface area contributed by atoms with E-state index >= 15 is 0 Å². The summed E-state index contributed by atoms with van der Waals surface area (Å²) in [6, 6.07) is -0.514. The van der Waals surface area contributed by atoms with Crippen molar-refractivity contribution in [3.63, 3.8) is 0 Å². The van der Waals surface area contributed by atoms with Gasteiger partial charge < -0.3 is 20.1 Å². The predicted molar refractivity (Wildman–Crippen MR) is 117 cm³/mol. The van der Waals surface area contributed by atoms with Crippen molar-refractivity contribution in [1.82, 2.24) is 10.6 Å². The molecule has 0 bridgehead atoms. The molecule has 0 radical (unpaired) electrons. The van der Waals surface area contributed by atoms with E-state index in [1.807, 2.05) is 13.8 Å². The lowest BCUT2D eigenvalue weighted by Crippen LogP contribution is -2.44. The number of amides is 2. The van der Waals surface area contributed by atoms with Crippen LogP contribution in [-0.2, 0) is 23.9 Å². The quantitative estimate of drug-likeness (QED) is 0.551. The van der Waals surface area contributed by atoms with Gasteiger partial charge in [0.05, 0.1) is 7.11 Å². The second-order valence-electron chi connectivity index (χ2n) is 8.79. The van der Waals surface area contributed by atoms with Gasteiger partial charge in [-0.25, -0.2) is 4.79 Å². The van der Waals surface area contributed by atoms with E-state index < -0.39 is 17.9 Å². The summed E-state index contributed by atoms with van der Waals surface area (Å²) in [5.74, 6) is -0.860. The van der Waals surface area contributed by atoms with E-state index in [2.05, 4.69) is 10.6 Å². The average Bonchev–Trinajstić information content (AvgIpc) is 2.68. The van der Waals surface area contributed by atoms with E-state index in [1.165, 1.54) is 52.1 Å². The Balaban J connectivity index is 2.33. The molecule has 0 aromatic heterocycles. The molecule has 0 spiro atoms. The number of ether oxygens (including phenoxy) is 2. The number of hydrogen-bond acceptors (Lipinski definition) is 5. The Bertz CT molecular complexity index is 498. The molecule has 1 aliphatic carbocycles. The molecule has 0 aromatic carbocycles. The number of carbonyl (C=O) groups is 3. The lowest BCUT2D eigenvalue weighted by molar-refractivity contribution is -0.146. The van der Waals surface area contributed by atoms with Crippen molar-refractivity contribution in [2.24, 2.45) is 5.92 Å². The molecule has 1 rings (SSSR count). The van der Waals surface area contributed by atoms with Crippen LogP contribution in [0.4, 0.5) is 0 Å². The van der Waals surface area contributed by atoms with Gasteiger partial charge in [-0.15, -0.1) is 0 Å². The zero-order valence-corrected chi connectivity index (χ0v) is 19.2. The fourth-order valence-corrected chi connectivity index (χ4v) is 3.88. The first-order chi connectivity index (χ1) is 14.4. The van der Waals surface area contributed by atoms with Crippen LogP contribution in [0.5, 0.6) is 0 Å². The second-order valence-corrected chi connectivity index (χ2v) is 8.79. The third-order valence-electron chi connectivity index (χ3n) is 5.46. The molecule has 0 aliphatic heterocycles. The van der Waals surface area contributed by atoms with Crippen molar-refractivity contribution in [2.75, 3.05) is 20.3 Å². The molecule has 2 N–H and O–H groups in total. The van der Waals surface area contributed by atoms with Crippen LogP contribution >= 0.6 is 0 Å². The average molecular weight is 427 g/mol. The highest BCUT2D eigenvalue weighted by molar-refractivity contribution is 5.85. The Kier molecular flexibility index (Phi) is 14.2. The first kappa shape index (κ1) is 26.4. The molecule has 7 heteroatoms. The van der Waals surface area contributed by atoms with E-state index in [-0.39, 0.29) is 31.1 Å². The third-order valence-corrected chi connectivity index (χ3v) is 5.46. The largest absolute Gasteiger partial charge is 0.467 e. The number of nitrogens with one attached hydrogen (secondary N) is 2. The number of hydrogen-bond donors (Lipinski definition) is 2. The van der Waals surface area contributed by atoms with Gasteiger partial charge in [0.25, 0.3) is 0 Å². The summed E-state index contributed by atoms with van der Waals surface area (Å²) in [4.78, 5) is 36.1. The van der Waals surface area contributed by atoms with Gasteiger partial charge in [0.15, 0.2) is 0 Å². The summed E-state index contributed by atoms with van der Waals surface area (Å²) in [6.07, 6.45) is 13.8. The first-order valence-corrected chi connectivity index (χ1v) is 11.7. The highest BCUT2D eigenvalue weighted by Crippen LogP contribution is 2.17. The Labute approximate surface area is 182 Å². The second kappa shape index (κ2) is 16.1. The van der Waals surface area contributed by atoms with Crippen molar-refractivity contribution in [1.29, 1.82) is 0 Å². The summed E-state index contributed by atoms with van der Waals surface area (Å²) in [6.45, 7) is 3.51. The van der Waals surface area contributed by atoms with E-state index in [4.69, 9.17) is 9.47 Å². The van der Waals surface area contributed by atoms with Crippen LogP contribution in [0.25, 0.3) is 0 Å². The van der Waals surface area contributed by atoms with E-state index in [0.717, 1.165) is 25.7 Å². The van der Waals surface area contributed by atoms with Gasteiger partial charge >= 0.3 is 5.97 Å². The normalized spacial score (nSPS) is 18.0. The highest BCUT2D eigenvalue weighted by atomic mass is 16.5. The molecule has 7 nitrogen and oxygen atoms in total. The van der Waals surface area contributed by atoms with Gasteiger partial charge in [-0.3, -0.25) is 9.59 Å². The Morgan fingerprint density at radius 3 is 1.83 bits per heavy atom. The van der Waals surface area contributed by atoms with Gasteiger partial charge in [0.1, 0.15) is 19.3 Å². The Morgan fingerprint density at radius 2 is 1.33 bits per heavy atom. The maximum Gasteiger partial charge on any atom is 0.328 e. The van der Waals surface area contributed by atoms with Crippen molar-refractivity contribution < 1.29 is 23.9 Å². The number of carbonyl (C=O) groups excluding carboxylic acids is 3. The maximum atomic E-state index is 12.2. The van der Waals surface area contributed by atoms with Crippen LogP contribution in [0.3, 0.4) is 0 Å². The molecule has 30 heavy (non-hydrogen) atoms.